The number of nitrogens with one attached hydrogen (secondary N) is 2. The normalized spacial score (nSPS) is 14.1. The molecule has 9 heteroatoms. The van der Waals surface area contributed by atoms with Crippen molar-refractivity contribution in [1.29, 1.82) is 0 Å². The lowest BCUT2D eigenvalue weighted by molar-refractivity contribution is 0.279. The number of rotatable bonds is 10. The first-order valence-electron chi connectivity index (χ1n) is 11.8. The van der Waals surface area contributed by atoms with Gasteiger partial charge in [0.05, 0.1) is 5.69 Å². The Morgan fingerprint density at radius 2 is 1.83 bits per heavy atom. The minimum atomic E-state index is -0.308. The number of anilines is 2. The van der Waals surface area contributed by atoms with E-state index < -0.39 is 0 Å². The molecule has 0 radical (unpaired) electrons. The fourth-order valence-electron chi connectivity index (χ4n) is 4.04. The Morgan fingerprint density at radius 3 is 2.58 bits per heavy atom. The number of aryl methyl sites for hydroxylation is 2. The van der Waals surface area contributed by atoms with E-state index in [9.17, 15) is 4.39 Å². The maximum atomic E-state index is 14.1. The van der Waals surface area contributed by atoms with Gasteiger partial charge in [0.25, 0.3) is 0 Å². The van der Waals surface area contributed by atoms with Crippen molar-refractivity contribution in [1.82, 2.24) is 14.5 Å². The number of imidazole rings is 1. The van der Waals surface area contributed by atoms with E-state index in [0.717, 1.165) is 34.9 Å². The summed E-state index contributed by atoms with van der Waals surface area (Å²) in [6, 6.07) is 14.2. The average Bonchev–Trinajstić information content (AvgIpc) is 3.51. The molecule has 2 aromatic carbocycles. The molecule has 2 aromatic heterocycles. The van der Waals surface area contributed by atoms with Crippen LogP contribution in [0.4, 0.5) is 15.9 Å². The van der Waals surface area contributed by atoms with Crippen LogP contribution in [-0.2, 0) is 26.7 Å². The Bertz CT molecular complexity index is 1340. The van der Waals surface area contributed by atoms with Gasteiger partial charge in [0, 0.05) is 49.4 Å². The SMILES string of the molecule is Cn1ccnc1COc1cc(OCc2ccccc2F)cc(C2Nc3cc(CCCO)cnc3N2)c1. The Labute approximate surface area is 208 Å². The molecule has 0 saturated carbocycles. The zero-order valence-electron chi connectivity index (χ0n) is 19.9. The number of halogens is 1. The highest BCUT2D eigenvalue weighted by Crippen LogP contribution is 2.37. The number of hydrogen-bond acceptors (Lipinski definition) is 7. The predicted molar refractivity (Wildman–Crippen MR) is 134 cm³/mol. The third-order valence-corrected chi connectivity index (χ3v) is 6.03. The topological polar surface area (TPSA) is 93.5 Å². The number of pyridine rings is 1. The highest BCUT2D eigenvalue weighted by Gasteiger charge is 2.24. The Morgan fingerprint density at radius 1 is 1.03 bits per heavy atom. The maximum absolute atomic E-state index is 14.1. The van der Waals surface area contributed by atoms with Crippen molar-refractivity contribution in [3.05, 3.63) is 95.5 Å². The predicted octanol–water partition coefficient (Wildman–Crippen LogP) is 4.57. The summed E-state index contributed by atoms with van der Waals surface area (Å²) in [6.45, 7) is 0.532. The summed E-state index contributed by atoms with van der Waals surface area (Å²) in [7, 11) is 1.91. The van der Waals surface area contributed by atoms with Crippen molar-refractivity contribution >= 4 is 11.5 Å². The number of hydrogen-bond donors (Lipinski definition) is 3. The fraction of sp³-hybridized carbons (Fsp3) is 0.259. The monoisotopic (exact) mass is 489 g/mol. The summed E-state index contributed by atoms with van der Waals surface area (Å²) in [4.78, 5) is 8.84. The van der Waals surface area contributed by atoms with Crippen LogP contribution >= 0.6 is 0 Å². The minimum absolute atomic E-state index is 0.0937. The number of benzene rings is 2. The summed E-state index contributed by atoms with van der Waals surface area (Å²) in [5.74, 6) is 2.40. The first-order chi connectivity index (χ1) is 17.6. The highest BCUT2D eigenvalue weighted by atomic mass is 19.1. The number of nitrogens with zero attached hydrogens (tertiary/aromatic N) is 3. The largest absolute Gasteiger partial charge is 0.489 e. The number of fused-ring (bicyclic) bond motifs is 1. The maximum Gasteiger partial charge on any atom is 0.151 e. The lowest BCUT2D eigenvalue weighted by Gasteiger charge is -2.17. The van der Waals surface area contributed by atoms with Crippen molar-refractivity contribution < 1.29 is 19.0 Å². The molecule has 8 nitrogen and oxygen atoms in total. The molecule has 0 bridgehead atoms. The standard InChI is InChI=1S/C27H28FN5O3/c1-33-9-8-29-25(33)17-36-22-13-20(12-21(14-22)35-16-19-6-2-3-7-23(19)28)26-31-24-11-18(5-4-10-34)15-30-27(24)32-26/h2-3,6-9,11-15,26,31,34H,4-5,10,16-17H2,1H3,(H,30,32). The third-order valence-electron chi connectivity index (χ3n) is 6.03. The summed E-state index contributed by atoms with van der Waals surface area (Å²) in [6.07, 6.45) is 6.60. The summed E-state index contributed by atoms with van der Waals surface area (Å²) < 4.78 is 28.1. The highest BCUT2D eigenvalue weighted by molar-refractivity contribution is 5.72. The first-order valence-corrected chi connectivity index (χ1v) is 11.8. The average molecular weight is 490 g/mol. The van der Waals surface area contributed by atoms with Crippen LogP contribution in [0.5, 0.6) is 11.5 Å². The van der Waals surface area contributed by atoms with Crippen LogP contribution in [0.1, 0.15) is 35.1 Å². The summed E-state index contributed by atoms with van der Waals surface area (Å²) in [5, 5.41) is 16.0. The van der Waals surface area contributed by atoms with Crippen LogP contribution in [0.25, 0.3) is 0 Å². The quantitative estimate of drug-likeness (QED) is 0.300. The van der Waals surface area contributed by atoms with E-state index >= 15 is 0 Å². The number of aliphatic hydroxyl groups excluding tert-OH is 1. The Kier molecular flexibility index (Phi) is 6.99. The number of ether oxygens (including phenoxy) is 2. The molecule has 4 aromatic rings. The molecule has 3 heterocycles. The third kappa shape index (κ3) is 5.41. The number of aliphatic hydroxyl groups is 1. The van der Waals surface area contributed by atoms with Crippen molar-refractivity contribution in [2.75, 3.05) is 17.2 Å². The van der Waals surface area contributed by atoms with Gasteiger partial charge in [-0.3, -0.25) is 0 Å². The molecule has 186 valence electrons. The van der Waals surface area contributed by atoms with Crippen LogP contribution < -0.4 is 20.1 Å². The van der Waals surface area contributed by atoms with E-state index in [-0.39, 0.29) is 25.2 Å². The van der Waals surface area contributed by atoms with E-state index in [4.69, 9.17) is 14.6 Å². The van der Waals surface area contributed by atoms with Gasteiger partial charge in [-0.15, -0.1) is 0 Å². The molecule has 36 heavy (non-hydrogen) atoms. The summed E-state index contributed by atoms with van der Waals surface area (Å²) in [5.41, 5.74) is 3.30. The van der Waals surface area contributed by atoms with E-state index in [1.54, 1.807) is 30.5 Å². The zero-order valence-corrected chi connectivity index (χ0v) is 19.9. The van der Waals surface area contributed by atoms with Gasteiger partial charge in [0.2, 0.25) is 0 Å². The first kappa shape index (κ1) is 23.6. The van der Waals surface area contributed by atoms with Gasteiger partial charge < -0.3 is 29.8 Å². The molecule has 0 amide bonds. The fourth-order valence-corrected chi connectivity index (χ4v) is 4.04. The molecule has 1 unspecified atom stereocenters. The molecule has 5 rings (SSSR count). The lowest BCUT2D eigenvalue weighted by atomic mass is 10.1. The molecule has 1 aliphatic heterocycles. The molecule has 1 atom stereocenters. The van der Waals surface area contributed by atoms with Crippen molar-refractivity contribution in [3.63, 3.8) is 0 Å². The van der Waals surface area contributed by atoms with Gasteiger partial charge in [0.1, 0.15) is 42.5 Å². The molecule has 3 N–H and O–H groups in total. The molecule has 0 spiro atoms. The molecule has 1 aliphatic rings. The van der Waals surface area contributed by atoms with Gasteiger partial charge >= 0.3 is 0 Å². The molecular weight excluding hydrogens is 461 g/mol. The van der Waals surface area contributed by atoms with Crippen molar-refractivity contribution in [2.45, 2.75) is 32.2 Å². The second-order valence-electron chi connectivity index (χ2n) is 8.65. The van der Waals surface area contributed by atoms with Crippen LogP contribution in [-0.4, -0.2) is 26.2 Å². The van der Waals surface area contributed by atoms with Crippen LogP contribution in [0.3, 0.4) is 0 Å². The zero-order chi connectivity index (χ0) is 24.9. The van der Waals surface area contributed by atoms with Gasteiger partial charge in [-0.1, -0.05) is 18.2 Å². The van der Waals surface area contributed by atoms with E-state index in [1.165, 1.54) is 6.07 Å². The van der Waals surface area contributed by atoms with Crippen molar-refractivity contribution in [2.24, 2.45) is 7.05 Å². The van der Waals surface area contributed by atoms with Crippen molar-refractivity contribution in [3.8, 4) is 11.5 Å². The van der Waals surface area contributed by atoms with E-state index in [1.807, 2.05) is 42.2 Å². The van der Waals surface area contributed by atoms with Gasteiger partial charge in [0.15, 0.2) is 5.82 Å². The molecule has 0 saturated heterocycles. The molecule has 0 fully saturated rings. The van der Waals surface area contributed by atoms with E-state index in [2.05, 4.69) is 20.6 Å². The lowest BCUT2D eigenvalue weighted by Crippen LogP contribution is -2.13. The van der Waals surface area contributed by atoms with Gasteiger partial charge in [-0.25, -0.2) is 14.4 Å². The number of aromatic nitrogens is 3. The molecular formula is C27H28FN5O3. The molecule has 0 aliphatic carbocycles. The second-order valence-corrected chi connectivity index (χ2v) is 8.65. The summed E-state index contributed by atoms with van der Waals surface area (Å²) >= 11 is 0. The Hall–Kier alpha value is -4.11. The van der Waals surface area contributed by atoms with Crippen LogP contribution in [0.2, 0.25) is 0 Å². The van der Waals surface area contributed by atoms with E-state index in [0.29, 0.717) is 30.1 Å². The smallest absolute Gasteiger partial charge is 0.151 e. The van der Waals surface area contributed by atoms with Gasteiger partial charge in [-0.05, 0) is 42.7 Å². The second kappa shape index (κ2) is 10.7. The van der Waals surface area contributed by atoms with Gasteiger partial charge in [-0.2, -0.15) is 0 Å². The van der Waals surface area contributed by atoms with Crippen LogP contribution in [0, 0.1) is 5.82 Å². The minimum Gasteiger partial charge on any atom is -0.489 e. The van der Waals surface area contributed by atoms with Crippen LogP contribution in [0.15, 0.2) is 67.1 Å². The Balaban J connectivity index is 1.37.